The lowest BCUT2D eigenvalue weighted by atomic mass is 10.1. The average molecular weight is 276 g/mol. The molecule has 98 valence electrons. The zero-order chi connectivity index (χ0) is 13.7. The summed E-state index contributed by atoms with van der Waals surface area (Å²) in [6.07, 6.45) is 3.92. The number of nitriles is 1. The van der Waals surface area contributed by atoms with E-state index in [0.717, 1.165) is 12.0 Å². The van der Waals surface area contributed by atoms with Gasteiger partial charge in [0.25, 0.3) is 0 Å². The molecule has 1 unspecified atom stereocenters. The van der Waals surface area contributed by atoms with Crippen LogP contribution in [-0.2, 0) is 6.54 Å². The molecule has 19 heavy (non-hydrogen) atoms. The summed E-state index contributed by atoms with van der Waals surface area (Å²) in [6.45, 7) is 0.674. The van der Waals surface area contributed by atoms with E-state index in [9.17, 15) is 5.11 Å². The van der Waals surface area contributed by atoms with Gasteiger partial charge in [0.05, 0.1) is 6.07 Å². The smallest absolute Gasteiger partial charge is 0.142 e. The first-order valence-electron chi connectivity index (χ1n) is 6.04. The Morgan fingerprint density at radius 2 is 2.11 bits per heavy atom. The van der Waals surface area contributed by atoms with Gasteiger partial charge in [-0.1, -0.05) is 23.7 Å². The van der Waals surface area contributed by atoms with Crippen LogP contribution < -0.4 is 0 Å². The molecule has 0 spiro atoms. The van der Waals surface area contributed by atoms with Crippen LogP contribution in [0.1, 0.15) is 30.3 Å². The molecule has 2 aromatic rings. The lowest BCUT2D eigenvalue weighted by Gasteiger charge is -2.13. The Morgan fingerprint density at radius 3 is 2.79 bits per heavy atom. The van der Waals surface area contributed by atoms with E-state index in [1.165, 1.54) is 0 Å². The Bertz CT molecular complexity index is 571. The fourth-order valence-electron chi connectivity index (χ4n) is 1.88. The van der Waals surface area contributed by atoms with Gasteiger partial charge in [-0.05, 0) is 24.1 Å². The molecule has 0 saturated heterocycles. The van der Waals surface area contributed by atoms with E-state index in [0.29, 0.717) is 23.8 Å². The van der Waals surface area contributed by atoms with E-state index in [4.69, 9.17) is 16.9 Å². The van der Waals surface area contributed by atoms with Crippen molar-refractivity contribution in [1.29, 1.82) is 5.26 Å². The summed E-state index contributed by atoms with van der Waals surface area (Å²) in [5, 5.41) is 19.5. The van der Waals surface area contributed by atoms with E-state index in [1.54, 1.807) is 30.5 Å². The first-order chi connectivity index (χ1) is 9.22. The van der Waals surface area contributed by atoms with Crippen LogP contribution in [0.15, 0.2) is 36.7 Å². The summed E-state index contributed by atoms with van der Waals surface area (Å²) >= 11 is 5.82. The number of aryl methyl sites for hydroxylation is 1. The van der Waals surface area contributed by atoms with Gasteiger partial charge in [0.2, 0.25) is 0 Å². The predicted octanol–water partition coefficient (Wildman–Crippen LogP) is 2.92. The van der Waals surface area contributed by atoms with Crippen LogP contribution in [-0.4, -0.2) is 14.7 Å². The number of aliphatic hydroxyl groups excluding tert-OH is 1. The van der Waals surface area contributed by atoms with Crippen LogP contribution in [0.4, 0.5) is 0 Å². The van der Waals surface area contributed by atoms with Crippen LogP contribution in [0.5, 0.6) is 0 Å². The maximum atomic E-state index is 10.3. The molecule has 0 amide bonds. The molecule has 0 saturated carbocycles. The quantitative estimate of drug-likeness (QED) is 0.854. The van der Waals surface area contributed by atoms with Crippen molar-refractivity contribution in [2.24, 2.45) is 0 Å². The number of hydrogen-bond donors (Lipinski definition) is 1. The molecule has 2 rings (SSSR count). The minimum Gasteiger partial charge on any atom is -0.380 e. The van der Waals surface area contributed by atoms with Crippen molar-refractivity contribution < 1.29 is 5.11 Å². The number of hydrogen-bond acceptors (Lipinski definition) is 3. The lowest BCUT2D eigenvalue weighted by Crippen LogP contribution is -2.10. The predicted molar refractivity (Wildman–Crippen MR) is 72.6 cm³/mol. The van der Waals surface area contributed by atoms with Gasteiger partial charge in [0.15, 0.2) is 0 Å². The second kappa shape index (κ2) is 6.37. The first-order valence-corrected chi connectivity index (χ1v) is 6.41. The van der Waals surface area contributed by atoms with Gasteiger partial charge in [-0.2, -0.15) is 5.26 Å². The molecule has 0 aliphatic heterocycles. The van der Waals surface area contributed by atoms with Crippen molar-refractivity contribution in [2.45, 2.75) is 25.5 Å². The maximum absolute atomic E-state index is 10.3. The zero-order valence-electron chi connectivity index (χ0n) is 10.3. The highest BCUT2D eigenvalue weighted by Gasteiger charge is 2.15. The summed E-state index contributed by atoms with van der Waals surface area (Å²) < 4.78 is 1.87. The molecular formula is C14H14ClN3O. The number of imidazole rings is 1. The van der Waals surface area contributed by atoms with E-state index in [-0.39, 0.29) is 0 Å². The van der Waals surface area contributed by atoms with Gasteiger partial charge >= 0.3 is 0 Å². The van der Waals surface area contributed by atoms with Gasteiger partial charge in [-0.25, -0.2) is 4.98 Å². The molecule has 0 bridgehead atoms. The number of aromatic nitrogens is 2. The zero-order valence-corrected chi connectivity index (χ0v) is 11.1. The SMILES string of the molecule is N#CCCCn1ccnc1C(O)c1ccc(Cl)cc1. The van der Waals surface area contributed by atoms with E-state index in [2.05, 4.69) is 11.1 Å². The van der Waals surface area contributed by atoms with Crippen molar-refractivity contribution in [2.75, 3.05) is 0 Å². The van der Waals surface area contributed by atoms with Crippen LogP contribution in [0.25, 0.3) is 0 Å². The lowest BCUT2D eigenvalue weighted by molar-refractivity contribution is 0.204. The van der Waals surface area contributed by atoms with Gasteiger partial charge in [0.1, 0.15) is 11.9 Å². The second-order valence-electron chi connectivity index (χ2n) is 4.19. The number of benzene rings is 1. The standard InChI is InChI=1S/C14H14ClN3O/c15-12-5-3-11(4-6-12)13(19)14-17-8-10-18(14)9-2-1-7-16/h3-6,8,10,13,19H,1-2,9H2. The third-order valence-corrected chi connectivity index (χ3v) is 3.12. The Kier molecular flexibility index (Phi) is 4.56. The Balaban J connectivity index is 2.15. The maximum Gasteiger partial charge on any atom is 0.142 e. The summed E-state index contributed by atoms with van der Waals surface area (Å²) in [5.74, 6) is 0.584. The highest BCUT2D eigenvalue weighted by molar-refractivity contribution is 6.30. The van der Waals surface area contributed by atoms with Gasteiger partial charge in [-0.15, -0.1) is 0 Å². The minimum atomic E-state index is -0.783. The topological polar surface area (TPSA) is 61.8 Å². The van der Waals surface area contributed by atoms with E-state index in [1.807, 2.05) is 10.8 Å². The molecule has 1 aromatic carbocycles. The molecule has 1 heterocycles. The highest BCUT2D eigenvalue weighted by Crippen LogP contribution is 2.22. The summed E-state index contributed by atoms with van der Waals surface area (Å²) in [7, 11) is 0. The summed E-state index contributed by atoms with van der Waals surface area (Å²) in [6, 6.07) is 9.14. The van der Waals surface area contributed by atoms with Crippen LogP contribution in [0.3, 0.4) is 0 Å². The van der Waals surface area contributed by atoms with Gasteiger partial charge < -0.3 is 9.67 Å². The number of nitrogens with zero attached hydrogens (tertiary/aromatic N) is 3. The molecular weight excluding hydrogens is 262 g/mol. The van der Waals surface area contributed by atoms with Crippen LogP contribution in [0.2, 0.25) is 5.02 Å². The number of halogens is 1. The van der Waals surface area contributed by atoms with Crippen molar-refractivity contribution in [1.82, 2.24) is 9.55 Å². The molecule has 1 aromatic heterocycles. The fourth-order valence-corrected chi connectivity index (χ4v) is 2.01. The molecule has 0 radical (unpaired) electrons. The van der Waals surface area contributed by atoms with Crippen LogP contribution in [0, 0.1) is 11.3 Å². The number of rotatable bonds is 5. The minimum absolute atomic E-state index is 0.495. The molecule has 4 nitrogen and oxygen atoms in total. The first kappa shape index (κ1) is 13.6. The molecule has 0 aliphatic carbocycles. The van der Waals surface area contributed by atoms with Gasteiger partial charge in [-0.3, -0.25) is 0 Å². The van der Waals surface area contributed by atoms with E-state index >= 15 is 0 Å². The Hall–Kier alpha value is -1.83. The molecule has 1 atom stereocenters. The van der Waals surface area contributed by atoms with Crippen molar-refractivity contribution in [3.05, 3.63) is 53.1 Å². The third kappa shape index (κ3) is 3.34. The Morgan fingerprint density at radius 1 is 1.37 bits per heavy atom. The van der Waals surface area contributed by atoms with Crippen molar-refractivity contribution in [3.8, 4) is 6.07 Å². The van der Waals surface area contributed by atoms with Crippen LogP contribution >= 0.6 is 11.6 Å². The van der Waals surface area contributed by atoms with Crippen molar-refractivity contribution in [3.63, 3.8) is 0 Å². The second-order valence-corrected chi connectivity index (χ2v) is 4.63. The highest BCUT2D eigenvalue weighted by atomic mass is 35.5. The summed E-state index contributed by atoms with van der Waals surface area (Å²) in [5.41, 5.74) is 0.747. The average Bonchev–Trinajstić information content (AvgIpc) is 2.87. The van der Waals surface area contributed by atoms with Gasteiger partial charge in [0, 0.05) is 30.4 Å². The summed E-state index contributed by atoms with van der Waals surface area (Å²) in [4.78, 5) is 4.19. The molecule has 0 aliphatic rings. The molecule has 1 N–H and O–H groups in total. The fraction of sp³-hybridized carbons (Fsp3) is 0.286. The largest absolute Gasteiger partial charge is 0.380 e. The number of unbranched alkanes of at least 4 members (excludes halogenated alkanes) is 1. The van der Waals surface area contributed by atoms with Crippen molar-refractivity contribution >= 4 is 11.6 Å². The third-order valence-electron chi connectivity index (χ3n) is 2.87. The monoisotopic (exact) mass is 275 g/mol. The van der Waals surface area contributed by atoms with E-state index < -0.39 is 6.10 Å². The molecule has 0 fully saturated rings. The number of aliphatic hydroxyl groups is 1. The molecule has 5 heteroatoms. The Labute approximate surface area is 116 Å². The normalized spacial score (nSPS) is 12.1.